The Bertz CT molecular complexity index is 778. The van der Waals surface area contributed by atoms with Crippen molar-refractivity contribution in [2.75, 3.05) is 0 Å². The monoisotopic (exact) mass is 344 g/mol. The van der Waals surface area contributed by atoms with Gasteiger partial charge in [-0.05, 0) is 37.1 Å². The number of hydrogen-bond acceptors (Lipinski definition) is 4. The van der Waals surface area contributed by atoms with Crippen molar-refractivity contribution in [1.82, 2.24) is 29.9 Å². The molecule has 0 bridgehead atoms. The molecule has 1 atom stereocenters. The SMILES string of the molecule is CC(NCc1ccc(-n2cccn2)cc1)c1nnc2n1CCC2.Cl. The minimum Gasteiger partial charge on any atom is -0.314 e. The maximum atomic E-state index is 4.34. The Labute approximate surface area is 147 Å². The fraction of sp³-hybridized carbons (Fsp3) is 0.353. The molecule has 0 saturated heterocycles. The van der Waals surface area contributed by atoms with E-state index in [0.29, 0.717) is 0 Å². The van der Waals surface area contributed by atoms with Crippen LogP contribution in [0.5, 0.6) is 0 Å². The highest BCUT2D eigenvalue weighted by Crippen LogP contribution is 2.19. The first kappa shape index (κ1) is 16.7. The van der Waals surface area contributed by atoms with Gasteiger partial charge in [-0.3, -0.25) is 0 Å². The normalized spacial score (nSPS) is 14.2. The van der Waals surface area contributed by atoms with Gasteiger partial charge in [0.2, 0.25) is 0 Å². The maximum Gasteiger partial charge on any atom is 0.149 e. The molecule has 0 radical (unpaired) electrons. The smallest absolute Gasteiger partial charge is 0.149 e. The molecular weight excluding hydrogens is 324 g/mol. The summed E-state index contributed by atoms with van der Waals surface area (Å²) in [5.74, 6) is 2.17. The molecule has 2 aromatic heterocycles. The summed E-state index contributed by atoms with van der Waals surface area (Å²) in [4.78, 5) is 0. The highest BCUT2D eigenvalue weighted by Gasteiger charge is 2.20. The summed E-state index contributed by atoms with van der Waals surface area (Å²) < 4.78 is 4.11. The topological polar surface area (TPSA) is 60.6 Å². The Morgan fingerprint density at radius 1 is 1.21 bits per heavy atom. The predicted octanol–water partition coefficient (Wildman–Crippen LogP) is 2.68. The molecule has 1 aromatic carbocycles. The van der Waals surface area contributed by atoms with Crippen LogP contribution in [0.3, 0.4) is 0 Å². The molecule has 24 heavy (non-hydrogen) atoms. The minimum absolute atomic E-state index is 0. The molecule has 126 valence electrons. The zero-order chi connectivity index (χ0) is 15.6. The fourth-order valence-corrected chi connectivity index (χ4v) is 3.04. The molecule has 1 aliphatic rings. The number of nitrogens with one attached hydrogen (secondary N) is 1. The van der Waals surface area contributed by atoms with Crippen molar-refractivity contribution in [3.05, 3.63) is 59.9 Å². The molecule has 3 heterocycles. The van der Waals surface area contributed by atoms with Crippen molar-refractivity contribution in [3.63, 3.8) is 0 Å². The van der Waals surface area contributed by atoms with Crippen LogP contribution in [0.25, 0.3) is 5.69 Å². The van der Waals surface area contributed by atoms with Gasteiger partial charge in [0.1, 0.15) is 11.6 Å². The van der Waals surface area contributed by atoms with Crippen LogP contribution in [0, 0.1) is 0 Å². The van der Waals surface area contributed by atoms with Crippen molar-refractivity contribution in [2.45, 2.75) is 38.9 Å². The van der Waals surface area contributed by atoms with Gasteiger partial charge >= 0.3 is 0 Å². The second kappa shape index (κ2) is 7.15. The molecule has 0 aliphatic carbocycles. The first-order valence-electron chi connectivity index (χ1n) is 8.05. The van der Waals surface area contributed by atoms with Gasteiger partial charge in [0.15, 0.2) is 0 Å². The standard InChI is InChI=1S/C17H20N6.ClH/c1-13(17-21-20-16-4-2-10-22(16)17)18-12-14-5-7-15(8-6-14)23-11-3-9-19-23;/h3,5-9,11,13,18H,2,4,10,12H2,1H3;1H. The second-order valence-corrected chi connectivity index (χ2v) is 5.95. The number of aromatic nitrogens is 5. The molecule has 0 spiro atoms. The van der Waals surface area contributed by atoms with Crippen LogP contribution in [-0.4, -0.2) is 24.5 Å². The highest BCUT2D eigenvalue weighted by molar-refractivity contribution is 5.85. The lowest BCUT2D eigenvalue weighted by molar-refractivity contribution is 0.516. The molecular formula is C17H21ClN6. The molecule has 7 heteroatoms. The number of aryl methyl sites for hydroxylation is 1. The zero-order valence-electron chi connectivity index (χ0n) is 13.6. The van der Waals surface area contributed by atoms with Crippen LogP contribution in [0.2, 0.25) is 0 Å². The predicted molar refractivity (Wildman–Crippen MR) is 94.4 cm³/mol. The van der Waals surface area contributed by atoms with E-state index in [9.17, 15) is 0 Å². The lowest BCUT2D eigenvalue weighted by Crippen LogP contribution is -2.21. The van der Waals surface area contributed by atoms with E-state index >= 15 is 0 Å². The van der Waals surface area contributed by atoms with Crippen LogP contribution < -0.4 is 5.32 Å². The number of rotatable bonds is 5. The third-order valence-electron chi connectivity index (χ3n) is 4.34. The molecule has 0 saturated carbocycles. The Kier molecular flexibility index (Phi) is 4.97. The second-order valence-electron chi connectivity index (χ2n) is 5.95. The van der Waals surface area contributed by atoms with Crippen molar-refractivity contribution in [3.8, 4) is 5.69 Å². The fourth-order valence-electron chi connectivity index (χ4n) is 3.04. The van der Waals surface area contributed by atoms with Gasteiger partial charge in [-0.15, -0.1) is 22.6 Å². The molecule has 1 unspecified atom stereocenters. The average Bonchev–Trinajstić information content (AvgIpc) is 3.29. The molecule has 1 aliphatic heterocycles. The Hall–Kier alpha value is -2.18. The van der Waals surface area contributed by atoms with E-state index in [1.165, 1.54) is 12.0 Å². The van der Waals surface area contributed by atoms with Gasteiger partial charge in [0.05, 0.1) is 11.7 Å². The molecule has 1 N–H and O–H groups in total. The zero-order valence-corrected chi connectivity index (χ0v) is 14.4. The minimum atomic E-state index is 0. The molecule has 6 nitrogen and oxygen atoms in total. The lowest BCUT2D eigenvalue weighted by atomic mass is 10.2. The van der Waals surface area contributed by atoms with Gasteiger partial charge in [-0.1, -0.05) is 12.1 Å². The highest BCUT2D eigenvalue weighted by atomic mass is 35.5. The molecule has 3 aromatic rings. The maximum absolute atomic E-state index is 4.34. The summed E-state index contributed by atoms with van der Waals surface area (Å²) >= 11 is 0. The van der Waals surface area contributed by atoms with Gasteiger partial charge in [0, 0.05) is 31.9 Å². The quantitative estimate of drug-likeness (QED) is 0.773. The summed E-state index contributed by atoms with van der Waals surface area (Å²) in [6.07, 6.45) is 5.96. The average molecular weight is 345 g/mol. The molecule has 4 rings (SSSR count). The number of benzene rings is 1. The number of hydrogen-bond donors (Lipinski definition) is 1. The first-order chi connectivity index (χ1) is 11.3. The van der Waals surface area contributed by atoms with E-state index in [1.807, 2.05) is 16.9 Å². The Balaban J connectivity index is 0.00000169. The largest absolute Gasteiger partial charge is 0.314 e. The van der Waals surface area contributed by atoms with Crippen LogP contribution in [0.4, 0.5) is 0 Å². The Morgan fingerprint density at radius 2 is 2.04 bits per heavy atom. The van der Waals surface area contributed by atoms with E-state index in [1.54, 1.807) is 6.20 Å². The van der Waals surface area contributed by atoms with Crippen molar-refractivity contribution in [1.29, 1.82) is 0 Å². The summed E-state index contributed by atoms with van der Waals surface area (Å²) in [5.41, 5.74) is 2.32. The number of nitrogens with zero attached hydrogens (tertiary/aromatic N) is 5. The summed E-state index contributed by atoms with van der Waals surface area (Å²) in [7, 11) is 0. The van der Waals surface area contributed by atoms with E-state index in [0.717, 1.165) is 36.8 Å². The summed E-state index contributed by atoms with van der Waals surface area (Å²) in [5, 5.41) is 16.4. The van der Waals surface area contributed by atoms with Crippen molar-refractivity contribution in [2.24, 2.45) is 0 Å². The number of fused-ring (bicyclic) bond motifs is 1. The van der Waals surface area contributed by atoms with Gasteiger partial charge < -0.3 is 9.88 Å². The van der Waals surface area contributed by atoms with Gasteiger partial charge in [-0.25, -0.2) is 4.68 Å². The van der Waals surface area contributed by atoms with E-state index in [4.69, 9.17) is 0 Å². The van der Waals surface area contributed by atoms with Crippen LogP contribution in [-0.2, 0) is 19.5 Å². The third-order valence-corrected chi connectivity index (χ3v) is 4.34. The van der Waals surface area contributed by atoms with Crippen molar-refractivity contribution >= 4 is 12.4 Å². The van der Waals surface area contributed by atoms with E-state index in [2.05, 4.69) is 56.4 Å². The number of halogens is 1. The molecule has 0 fully saturated rings. The van der Waals surface area contributed by atoms with E-state index in [-0.39, 0.29) is 18.4 Å². The molecule has 0 amide bonds. The van der Waals surface area contributed by atoms with Gasteiger partial charge in [0.25, 0.3) is 0 Å². The van der Waals surface area contributed by atoms with Gasteiger partial charge in [-0.2, -0.15) is 5.10 Å². The van der Waals surface area contributed by atoms with Crippen LogP contribution in [0.1, 0.15) is 36.6 Å². The van der Waals surface area contributed by atoms with Crippen molar-refractivity contribution < 1.29 is 0 Å². The summed E-state index contributed by atoms with van der Waals surface area (Å²) in [6, 6.07) is 10.6. The lowest BCUT2D eigenvalue weighted by Gasteiger charge is -2.14. The first-order valence-corrected chi connectivity index (χ1v) is 8.05. The van der Waals surface area contributed by atoms with E-state index < -0.39 is 0 Å². The van der Waals surface area contributed by atoms with Crippen LogP contribution in [0.15, 0.2) is 42.7 Å². The Morgan fingerprint density at radius 3 is 2.79 bits per heavy atom. The summed E-state index contributed by atoms with van der Waals surface area (Å²) in [6.45, 7) is 4.00. The third kappa shape index (κ3) is 3.20. The van der Waals surface area contributed by atoms with Crippen LogP contribution >= 0.6 is 12.4 Å².